The van der Waals surface area contributed by atoms with Crippen LogP contribution < -0.4 is 0 Å². The fraction of sp³-hybridized carbons (Fsp3) is 0.789. The van der Waals surface area contributed by atoms with Gasteiger partial charge in [-0.05, 0) is 31.8 Å². The van der Waals surface area contributed by atoms with Gasteiger partial charge in [-0.1, -0.05) is 64.0 Å². The molecule has 0 amide bonds. The van der Waals surface area contributed by atoms with Crippen LogP contribution in [0.3, 0.4) is 0 Å². The van der Waals surface area contributed by atoms with E-state index < -0.39 is 0 Å². The van der Waals surface area contributed by atoms with Crippen LogP contribution in [0.5, 0.6) is 0 Å². The second kappa shape index (κ2) is 9.26. The van der Waals surface area contributed by atoms with E-state index in [9.17, 15) is 0 Å². The highest BCUT2D eigenvalue weighted by Gasteiger charge is 2.24. The number of fused-ring (bicyclic) bond motifs is 1. The summed E-state index contributed by atoms with van der Waals surface area (Å²) in [6.45, 7) is 4.89. The van der Waals surface area contributed by atoms with Crippen molar-refractivity contribution in [3.8, 4) is 0 Å². The van der Waals surface area contributed by atoms with Crippen LogP contribution in [0, 0.1) is 5.92 Å². The van der Waals surface area contributed by atoms with E-state index in [1.165, 1.54) is 83.7 Å². The number of unbranched alkanes of at least 4 members (excludes halogenated alkanes) is 7. The van der Waals surface area contributed by atoms with Crippen LogP contribution in [0.25, 0.3) is 0 Å². The number of allylic oxidation sites excluding steroid dienone is 4. The van der Waals surface area contributed by atoms with Crippen LogP contribution in [0.1, 0.15) is 77.6 Å². The minimum Gasteiger partial charge on any atom is -0.375 e. The third-order valence-corrected chi connectivity index (χ3v) is 4.87. The Bertz CT molecular complexity index is 316. The molecule has 1 saturated heterocycles. The molecule has 20 heavy (non-hydrogen) atoms. The summed E-state index contributed by atoms with van der Waals surface area (Å²) in [6, 6.07) is 0. The van der Waals surface area contributed by atoms with Crippen LogP contribution in [0.2, 0.25) is 0 Å². The lowest BCUT2D eigenvalue weighted by molar-refractivity contribution is 0.235. The highest BCUT2D eigenvalue weighted by molar-refractivity contribution is 5.21. The molecule has 1 atom stereocenters. The van der Waals surface area contributed by atoms with Gasteiger partial charge in [0.05, 0.1) is 0 Å². The minimum atomic E-state index is 0.836. The van der Waals surface area contributed by atoms with Gasteiger partial charge in [-0.25, -0.2) is 0 Å². The topological polar surface area (TPSA) is 3.24 Å². The number of hydrogen-bond donors (Lipinski definition) is 0. The van der Waals surface area contributed by atoms with Gasteiger partial charge in [-0.2, -0.15) is 0 Å². The first-order chi connectivity index (χ1) is 9.92. The first-order valence-electron chi connectivity index (χ1n) is 9.03. The third-order valence-electron chi connectivity index (χ3n) is 4.87. The van der Waals surface area contributed by atoms with Gasteiger partial charge in [0.2, 0.25) is 0 Å². The van der Waals surface area contributed by atoms with Crippen molar-refractivity contribution in [1.29, 1.82) is 0 Å². The summed E-state index contributed by atoms with van der Waals surface area (Å²) >= 11 is 0. The molecule has 0 spiro atoms. The second-order valence-electron chi connectivity index (χ2n) is 6.56. The maximum Gasteiger partial charge on any atom is 0.0175 e. The summed E-state index contributed by atoms with van der Waals surface area (Å²) in [5, 5.41) is 0. The van der Waals surface area contributed by atoms with Crippen LogP contribution in [-0.2, 0) is 0 Å². The molecule has 1 heteroatoms. The number of hydrogen-bond acceptors (Lipinski definition) is 1. The molecule has 1 unspecified atom stereocenters. The summed E-state index contributed by atoms with van der Waals surface area (Å²) in [5.74, 6) is 0.836. The van der Waals surface area contributed by atoms with Crippen molar-refractivity contribution in [2.24, 2.45) is 5.92 Å². The summed E-state index contributed by atoms with van der Waals surface area (Å²) in [7, 11) is 0. The number of piperidine rings is 1. The molecule has 114 valence electrons. The molecular weight excluding hydrogens is 242 g/mol. The van der Waals surface area contributed by atoms with E-state index in [2.05, 4.69) is 30.1 Å². The molecular formula is C19H33N. The fourth-order valence-corrected chi connectivity index (χ4v) is 3.63. The molecule has 1 nitrogen and oxygen atoms in total. The molecule has 0 aromatic carbocycles. The molecule has 2 aliphatic rings. The minimum absolute atomic E-state index is 0.836. The quantitative estimate of drug-likeness (QED) is 0.489. The van der Waals surface area contributed by atoms with E-state index >= 15 is 0 Å². The van der Waals surface area contributed by atoms with Crippen LogP contribution >= 0.6 is 0 Å². The fourth-order valence-electron chi connectivity index (χ4n) is 3.63. The lowest BCUT2D eigenvalue weighted by atomic mass is 9.88. The maximum absolute atomic E-state index is 2.68. The smallest absolute Gasteiger partial charge is 0.0175 e. The number of likely N-dealkylation sites (tertiary alicyclic amines) is 1. The molecule has 1 fully saturated rings. The number of rotatable bonds is 9. The molecule has 0 saturated carbocycles. The second-order valence-corrected chi connectivity index (χ2v) is 6.56. The zero-order chi connectivity index (χ0) is 14.0. The summed E-state index contributed by atoms with van der Waals surface area (Å²) in [4.78, 5) is 2.68. The van der Waals surface area contributed by atoms with Gasteiger partial charge in [0.15, 0.2) is 0 Å². The van der Waals surface area contributed by atoms with E-state index in [-0.39, 0.29) is 0 Å². The Kier molecular flexibility index (Phi) is 7.25. The molecule has 0 aromatic rings. The molecule has 0 bridgehead atoms. The van der Waals surface area contributed by atoms with Gasteiger partial charge >= 0.3 is 0 Å². The highest BCUT2D eigenvalue weighted by Crippen LogP contribution is 2.32. The Hall–Kier alpha value is -0.720. The van der Waals surface area contributed by atoms with Crippen LogP contribution in [0.4, 0.5) is 0 Å². The maximum atomic E-state index is 2.68. The van der Waals surface area contributed by atoms with Crippen molar-refractivity contribution in [3.63, 3.8) is 0 Å². The molecule has 0 N–H and O–H groups in total. The van der Waals surface area contributed by atoms with Gasteiger partial charge < -0.3 is 4.90 Å². The summed E-state index contributed by atoms with van der Waals surface area (Å²) in [6.07, 6.45) is 22.5. The van der Waals surface area contributed by atoms with E-state index in [1.807, 2.05) is 0 Å². The number of nitrogens with zero attached hydrogens (tertiary/aromatic N) is 1. The van der Waals surface area contributed by atoms with Gasteiger partial charge in [-0.3, -0.25) is 0 Å². The lowest BCUT2D eigenvalue weighted by Gasteiger charge is -2.38. The van der Waals surface area contributed by atoms with Crippen LogP contribution in [-0.4, -0.2) is 18.0 Å². The largest absolute Gasteiger partial charge is 0.375 e. The van der Waals surface area contributed by atoms with Gasteiger partial charge in [-0.15, -0.1) is 0 Å². The Morgan fingerprint density at radius 3 is 2.60 bits per heavy atom. The Morgan fingerprint density at radius 2 is 1.80 bits per heavy atom. The highest BCUT2D eigenvalue weighted by atomic mass is 15.1. The van der Waals surface area contributed by atoms with Crippen molar-refractivity contribution in [2.75, 3.05) is 13.1 Å². The average molecular weight is 275 g/mol. The summed E-state index contributed by atoms with van der Waals surface area (Å²) in [5.41, 5.74) is 1.64. The average Bonchev–Trinajstić information content (AvgIpc) is 2.50. The van der Waals surface area contributed by atoms with Crippen molar-refractivity contribution in [1.82, 2.24) is 4.90 Å². The van der Waals surface area contributed by atoms with Crippen molar-refractivity contribution < 1.29 is 0 Å². The van der Waals surface area contributed by atoms with Crippen molar-refractivity contribution >= 4 is 0 Å². The Balaban J connectivity index is 1.57. The van der Waals surface area contributed by atoms with E-state index in [1.54, 1.807) is 5.70 Å². The van der Waals surface area contributed by atoms with Crippen molar-refractivity contribution in [3.05, 3.63) is 23.9 Å². The molecule has 1 aliphatic heterocycles. The van der Waals surface area contributed by atoms with Gasteiger partial charge in [0, 0.05) is 24.7 Å². The Labute approximate surface area is 126 Å². The third kappa shape index (κ3) is 5.00. The molecule has 0 aromatic heterocycles. The van der Waals surface area contributed by atoms with E-state index in [4.69, 9.17) is 0 Å². The SMILES string of the molecule is CCCCCCCCCCN1CCCC2CC=CC=C21. The lowest BCUT2D eigenvalue weighted by Crippen LogP contribution is -2.34. The predicted molar refractivity (Wildman–Crippen MR) is 88.7 cm³/mol. The first kappa shape index (κ1) is 15.7. The molecule has 1 heterocycles. The zero-order valence-corrected chi connectivity index (χ0v) is 13.4. The summed E-state index contributed by atoms with van der Waals surface area (Å²) < 4.78 is 0. The Morgan fingerprint density at radius 1 is 1.05 bits per heavy atom. The van der Waals surface area contributed by atoms with Crippen molar-refractivity contribution in [2.45, 2.75) is 77.6 Å². The zero-order valence-electron chi connectivity index (χ0n) is 13.4. The molecule has 0 radical (unpaired) electrons. The van der Waals surface area contributed by atoms with E-state index in [0.29, 0.717) is 0 Å². The van der Waals surface area contributed by atoms with E-state index in [0.717, 1.165) is 5.92 Å². The molecule has 1 aliphatic carbocycles. The standard InChI is InChI=1S/C19H33N/c1-2-3-4-5-6-7-8-11-16-20-17-12-14-18-13-9-10-15-19(18)20/h9-10,15,18H,2-8,11-14,16-17H2,1H3. The first-order valence-corrected chi connectivity index (χ1v) is 9.03. The van der Waals surface area contributed by atoms with Gasteiger partial charge in [0.1, 0.15) is 0 Å². The monoisotopic (exact) mass is 275 g/mol. The van der Waals surface area contributed by atoms with Crippen LogP contribution in [0.15, 0.2) is 23.9 Å². The van der Waals surface area contributed by atoms with Gasteiger partial charge in [0.25, 0.3) is 0 Å². The molecule has 2 rings (SSSR count). The predicted octanol–water partition coefficient (Wildman–Crippen LogP) is 5.68. The normalized spacial score (nSPS) is 21.8.